The van der Waals surface area contributed by atoms with Crippen LogP contribution in [0.2, 0.25) is 0 Å². The zero-order valence-electron chi connectivity index (χ0n) is 6.92. The van der Waals surface area contributed by atoms with Crippen molar-refractivity contribution in [3.63, 3.8) is 0 Å². The van der Waals surface area contributed by atoms with E-state index in [1.807, 2.05) is 0 Å². The first kappa shape index (κ1) is 7.08. The van der Waals surface area contributed by atoms with Crippen molar-refractivity contribution in [1.82, 2.24) is 0 Å². The summed E-state index contributed by atoms with van der Waals surface area (Å²) < 4.78 is 0. The summed E-state index contributed by atoms with van der Waals surface area (Å²) in [7, 11) is 0. The molecule has 2 saturated carbocycles. The van der Waals surface area contributed by atoms with E-state index >= 15 is 0 Å². The van der Waals surface area contributed by atoms with Gasteiger partial charge < -0.3 is 4.79 Å². The van der Waals surface area contributed by atoms with Crippen LogP contribution in [-0.4, -0.2) is 6.29 Å². The Morgan fingerprint density at radius 1 is 1.45 bits per heavy atom. The van der Waals surface area contributed by atoms with Gasteiger partial charge in [-0.05, 0) is 38.0 Å². The molecule has 0 spiro atoms. The number of hydrogen-bond donors (Lipinski definition) is 0. The van der Waals surface area contributed by atoms with Crippen LogP contribution in [0.1, 0.15) is 26.2 Å². The van der Waals surface area contributed by atoms with Crippen LogP contribution in [0.25, 0.3) is 0 Å². The zero-order valence-corrected chi connectivity index (χ0v) is 6.92. The van der Waals surface area contributed by atoms with Crippen LogP contribution < -0.4 is 0 Å². The van der Waals surface area contributed by atoms with E-state index in [9.17, 15) is 4.79 Å². The Labute approximate surface area is 67.5 Å². The van der Waals surface area contributed by atoms with E-state index in [1.54, 1.807) is 5.57 Å². The van der Waals surface area contributed by atoms with Crippen LogP contribution in [-0.2, 0) is 4.79 Å². The van der Waals surface area contributed by atoms with Crippen molar-refractivity contribution >= 4 is 6.29 Å². The number of carbonyl (C=O) groups is 1. The predicted octanol–water partition coefficient (Wildman–Crippen LogP) is 2.18. The molecule has 0 radical (unpaired) electrons. The summed E-state index contributed by atoms with van der Waals surface area (Å²) >= 11 is 0. The lowest BCUT2D eigenvalue weighted by Gasteiger charge is -2.17. The molecule has 2 aliphatic carbocycles. The van der Waals surface area contributed by atoms with Crippen LogP contribution in [0.4, 0.5) is 0 Å². The van der Waals surface area contributed by atoms with Gasteiger partial charge in [0.05, 0.1) is 0 Å². The smallest absolute Gasteiger partial charge is 0.123 e. The first-order valence-corrected chi connectivity index (χ1v) is 4.45. The second-order valence-corrected chi connectivity index (χ2v) is 3.80. The molecule has 2 fully saturated rings. The third kappa shape index (κ3) is 0.943. The van der Waals surface area contributed by atoms with Gasteiger partial charge in [-0.3, -0.25) is 0 Å². The second kappa shape index (κ2) is 2.47. The Morgan fingerprint density at radius 2 is 2.27 bits per heavy atom. The molecule has 1 nitrogen and oxygen atoms in total. The van der Waals surface area contributed by atoms with E-state index in [-0.39, 0.29) is 0 Å². The van der Waals surface area contributed by atoms with E-state index in [1.165, 1.54) is 12.8 Å². The van der Waals surface area contributed by atoms with Crippen molar-refractivity contribution < 1.29 is 4.79 Å². The number of aldehydes is 1. The lowest BCUT2D eigenvalue weighted by molar-refractivity contribution is -0.112. The van der Waals surface area contributed by atoms with Gasteiger partial charge in [-0.15, -0.1) is 0 Å². The average Bonchev–Trinajstić information content (AvgIpc) is 2.60. The molecule has 3 unspecified atom stereocenters. The number of hydrogen-bond acceptors (Lipinski definition) is 1. The molecule has 2 bridgehead atoms. The minimum atomic E-state index is 0.392. The third-order valence-electron chi connectivity index (χ3n) is 3.32. The number of rotatable bonds is 1. The van der Waals surface area contributed by atoms with Gasteiger partial charge in [-0.1, -0.05) is 11.6 Å². The maximum atomic E-state index is 10.6. The number of fused-ring (bicyclic) bond motifs is 2. The summed E-state index contributed by atoms with van der Waals surface area (Å²) in [6.07, 6.45) is 7.02. The fourth-order valence-corrected chi connectivity index (χ4v) is 2.68. The molecule has 0 saturated heterocycles. The van der Waals surface area contributed by atoms with Gasteiger partial charge in [0.2, 0.25) is 0 Å². The van der Waals surface area contributed by atoms with Gasteiger partial charge in [0, 0.05) is 5.92 Å². The Hall–Kier alpha value is -0.590. The van der Waals surface area contributed by atoms with Gasteiger partial charge in [0.25, 0.3) is 0 Å². The van der Waals surface area contributed by atoms with Gasteiger partial charge in [-0.2, -0.15) is 0 Å². The fraction of sp³-hybridized carbons (Fsp3) is 0.700. The summed E-state index contributed by atoms with van der Waals surface area (Å²) in [4.78, 5) is 10.6. The normalized spacial score (nSPS) is 45.2. The van der Waals surface area contributed by atoms with Crippen molar-refractivity contribution in [2.45, 2.75) is 26.2 Å². The molecule has 2 rings (SSSR count). The molecule has 11 heavy (non-hydrogen) atoms. The Morgan fingerprint density at radius 3 is 2.73 bits per heavy atom. The predicted molar refractivity (Wildman–Crippen MR) is 44.1 cm³/mol. The summed E-state index contributed by atoms with van der Waals surface area (Å²) in [6.45, 7) is 2.12. The van der Waals surface area contributed by atoms with Crippen molar-refractivity contribution in [1.29, 1.82) is 0 Å². The van der Waals surface area contributed by atoms with E-state index in [0.29, 0.717) is 11.8 Å². The molecule has 0 N–H and O–H groups in total. The third-order valence-corrected chi connectivity index (χ3v) is 3.32. The molecule has 0 amide bonds. The molecule has 0 aromatic heterocycles. The van der Waals surface area contributed by atoms with Crippen LogP contribution in [0.3, 0.4) is 0 Å². The first-order chi connectivity index (χ1) is 5.35. The van der Waals surface area contributed by atoms with Crippen LogP contribution in [0, 0.1) is 17.8 Å². The Bertz CT molecular complexity index is 205. The zero-order chi connectivity index (χ0) is 7.84. The van der Waals surface area contributed by atoms with Crippen molar-refractivity contribution in [2.75, 3.05) is 0 Å². The van der Waals surface area contributed by atoms with Crippen molar-refractivity contribution in [3.05, 3.63) is 11.6 Å². The minimum Gasteiger partial charge on any atom is -0.303 e. The molecular formula is C10H14O. The fourth-order valence-electron chi connectivity index (χ4n) is 2.68. The Balaban J connectivity index is 2.14. The van der Waals surface area contributed by atoms with Gasteiger partial charge in [-0.25, -0.2) is 0 Å². The van der Waals surface area contributed by atoms with Crippen LogP contribution >= 0.6 is 0 Å². The number of carbonyl (C=O) groups excluding carboxylic acids is 1. The monoisotopic (exact) mass is 150 g/mol. The molecule has 3 atom stereocenters. The van der Waals surface area contributed by atoms with Gasteiger partial charge >= 0.3 is 0 Å². The highest BCUT2D eigenvalue weighted by Crippen LogP contribution is 2.50. The molecule has 0 aromatic rings. The summed E-state index contributed by atoms with van der Waals surface area (Å²) in [6, 6.07) is 0. The van der Waals surface area contributed by atoms with E-state index in [0.717, 1.165) is 18.6 Å². The highest BCUT2D eigenvalue weighted by atomic mass is 16.1. The molecule has 0 aliphatic heterocycles. The maximum Gasteiger partial charge on any atom is 0.123 e. The Kier molecular flexibility index (Phi) is 1.59. The van der Waals surface area contributed by atoms with E-state index in [4.69, 9.17) is 0 Å². The number of allylic oxidation sites excluding steroid dienone is 2. The molecule has 0 heterocycles. The molecular weight excluding hydrogens is 136 g/mol. The average molecular weight is 150 g/mol. The lowest BCUT2D eigenvalue weighted by Crippen LogP contribution is -2.12. The van der Waals surface area contributed by atoms with Crippen LogP contribution in [0.15, 0.2) is 11.6 Å². The SMILES string of the molecule is C/C=C1/CC2CC1CC2C=O. The molecule has 2 aliphatic rings. The second-order valence-electron chi connectivity index (χ2n) is 3.80. The minimum absolute atomic E-state index is 0.392. The lowest BCUT2D eigenvalue weighted by atomic mass is 9.87. The highest BCUT2D eigenvalue weighted by Gasteiger charge is 2.41. The van der Waals surface area contributed by atoms with Crippen molar-refractivity contribution in [2.24, 2.45) is 17.8 Å². The first-order valence-electron chi connectivity index (χ1n) is 4.45. The van der Waals surface area contributed by atoms with E-state index < -0.39 is 0 Å². The quantitative estimate of drug-likeness (QED) is 0.413. The van der Waals surface area contributed by atoms with Crippen LogP contribution in [0.5, 0.6) is 0 Å². The summed E-state index contributed by atoms with van der Waals surface area (Å²) in [5.74, 6) is 1.85. The molecule has 0 aromatic carbocycles. The topological polar surface area (TPSA) is 17.1 Å². The molecule has 1 heteroatoms. The van der Waals surface area contributed by atoms with Gasteiger partial charge in [0.15, 0.2) is 0 Å². The van der Waals surface area contributed by atoms with Gasteiger partial charge in [0.1, 0.15) is 6.29 Å². The largest absolute Gasteiger partial charge is 0.303 e. The maximum absolute atomic E-state index is 10.6. The summed E-state index contributed by atoms with van der Waals surface area (Å²) in [5, 5.41) is 0. The van der Waals surface area contributed by atoms with Crippen molar-refractivity contribution in [3.8, 4) is 0 Å². The standard InChI is InChI=1S/C10H14O/c1-2-7-3-9-4-8(7)5-10(9)6-11/h2,6,8-10H,3-5H2,1H3/b7-2-. The summed E-state index contributed by atoms with van der Waals surface area (Å²) in [5.41, 5.74) is 1.60. The highest BCUT2D eigenvalue weighted by molar-refractivity contribution is 5.56. The molecule has 60 valence electrons. The van der Waals surface area contributed by atoms with E-state index in [2.05, 4.69) is 13.0 Å².